The van der Waals surface area contributed by atoms with Gasteiger partial charge in [0.1, 0.15) is 6.42 Å². The molecule has 0 spiro atoms. The van der Waals surface area contributed by atoms with Crippen LogP contribution >= 0.6 is 22.9 Å². The van der Waals surface area contributed by atoms with Gasteiger partial charge in [0.15, 0.2) is 5.13 Å². The molecular weight excluding hydrogens is 282 g/mol. The minimum atomic E-state index is -0.342. The number of hydrogen-bond acceptors (Lipinski definition) is 4. The lowest BCUT2D eigenvalue weighted by Crippen LogP contribution is -2.09. The molecule has 0 unspecified atom stereocenters. The van der Waals surface area contributed by atoms with E-state index in [1.165, 1.54) is 11.3 Å². The Bertz CT molecular complexity index is 633. The van der Waals surface area contributed by atoms with Crippen molar-refractivity contribution in [3.05, 3.63) is 45.9 Å². The van der Waals surface area contributed by atoms with Gasteiger partial charge >= 0.3 is 0 Å². The van der Waals surface area contributed by atoms with E-state index in [-0.39, 0.29) is 12.3 Å². The molecule has 96 valence electrons. The van der Waals surface area contributed by atoms with Crippen molar-refractivity contribution in [3.8, 4) is 6.07 Å². The number of thiazole rings is 1. The van der Waals surface area contributed by atoms with Crippen LogP contribution in [0.4, 0.5) is 5.13 Å². The van der Waals surface area contributed by atoms with E-state index in [0.717, 1.165) is 10.4 Å². The third kappa shape index (κ3) is 4.05. The van der Waals surface area contributed by atoms with E-state index in [4.69, 9.17) is 16.9 Å². The third-order valence-electron chi connectivity index (χ3n) is 2.31. The van der Waals surface area contributed by atoms with Crippen molar-refractivity contribution >= 4 is 34.0 Å². The molecule has 6 heteroatoms. The Labute approximate surface area is 119 Å². The number of amides is 1. The zero-order chi connectivity index (χ0) is 13.7. The molecule has 0 saturated carbocycles. The number of nitrogens with zero attached hydrogens (tertiary/aromatic N) is 2. The van der Waals surface area contributed by atoms with Crippen molar-refractivity contribution in [1.29, 1.82) is 5.26 Å². The molecule has 0 aliphatic carbocycles. The van der Waals surface area contributed by atoms with Gasteiger partial charge in [-0.05, 0) is 17.7 Å². The van der Waals surface area contributed by atoms with Crippen LogP contribution in [0.25, 0.3) is 0 Å². The minimum absolute atomic E-state index is 0.163. The third-order valence-corrected chi connectivity index (χ3v) is 3.45. The van der Waals surface area contributed by atoms with Crippen LogP contribution in [-0.4, -0.2) is 10.9 Å². The summed E-state index contributed by atoms with van der Waals surface area (Å²) >= 11 is 7.31. The lowest BCUT2D eigenvalue weighted by molar-refractivity contribution is -0.115. The van der Waals surface area contributed by atoms with Crippen LogP contribution < -0.4 is 5.32 Å². The summed E-state index contributed by atoms with van der Waals surface area (Å²) in [6.07, 6.45) is 2.27. The van der Waals surface area contributed by atoms with Crippen molar-refractivity contribution < 1.29 is 4.79 Å². The lowest BCUT2D eigenvalue weighted by atomic mass is 10.1. The second kappa shape index (κ2) is 6.32. The molecule has 19 heavy (non-hydrogen) atoms. The average molecular weight is 292 g/mol. The monoisotopic (exact) mass is 291 g/mol. The van der Waals surface area contributed by atoms with Crippen LogP contribution in [0.1, 0.15) is 16.9 Å². The summed E-state index contributed by atoms with van der Waals surface area (Å²) in [6, 6.07) is 9.40. The Hall–Kier alpha value is -1.90. The number of benzene rings is 1. The SMILES string of the molecule is N#CCC(=O)Nc1ncc(Cc2cccc(Cl)c2)s1. The Kier molecular flexibility index (Phi) is 4.50. The summed E-state index contributed by atoms with van der Waals surface area (Å²) in [7, 11) is 0. The van der Waals surface area contributed by atoms with Crippen molar-refractivity contribution in [2.45, 2.75) is 12.8 Å². The quantitative estimate of drug-likeness (QED) is 0.940. The molecule has 1 aromatic carbocycles. The second-order valence-electron chi connectivity index (χ2n) is 3.82. The van der Waals surface area contributed by atoms with E-state index >= 15 is 0 Å². The highest BCUT2D eigenvalue weighted by atomic mass is 35.5. The summed E-state index contributed by atoms with van der Waals surface area (Å²) in [6.45, 7) is 0. The van der Waals surface area contributed by atoms with Gasteiger partial charge < -0.3 is 5.32 Å². The van der Waals surface area contributed by atoms with Gasteiger partial charge in [0, 0.05) is 22.5 Å². The fraction of sp³-hybridized carbons (Fsp3) is 0.154. The van der Waals surface area contributed by atoms with E-state index in [1.807, 2.05) is 24.3 Å². The van der Waals surface area contributed by atoms with Gasteiger partial charge in [-0.25, -0.2) is 4.98 Å². The van der Waals surface area contributed by atoms with E-state index in [2.05, 4.69) is 10.3 Å². The van der Waals surface area contributed by atoms with Gasteiger partial charge in [0.25, 0.3) is 0 Å². The van der Waals surface area contributed by atoms with Crippen molar-refractivity contribution in [2.75, 3.05) is 5.32 Å². The van der Waals surface area contributed by atoms with Crippen molar-refractivity contribution in [1.82, 2.24) is 4.98 Å². The Morgan fingerprint density at radius 3 is 3.11 bits per heavy atom. The predicted octanol–water partition coefficient (Wildman–Crippen LogP) is 3.24. The predicted molar refractivity (Wildman–Crippen MR) is 75.2 cm³/mol. The van der Waals surface area contributed by atoms with Crippen LogP contribution in [0.15, 0.2) is 30.5 Å². The van der Waals surface area contributed by atoms with E-state index < -0.39 is 0 Å². The van der Waals surface area contributed by atoms with Crippen LogP contribution in [0.2, 0.25) is 5.02 Å². The number of aromatic nitrogens is 1. The first kappa shape index (κ1) is 13.5. The molecule has 0 aliphatic heterocycles. The average Bonchev–Trinajstić information content (AvgIpc) is 2.76. The number of nitriles is 1. The fourth-order valence-corrected chi connectivity index (χ4v) is 2.61. The van der Waals surface area contributed by atoms with Gasteiger partial charge in [0.2, 0.25) is 5.91 Å². The number of rotatable bonds is 4. The van der Waals surface area contributed by atoms with Crippen LogP contribution in [0, 0.1) is 11.3 Å². The van der Waals surface area contributed by atoms with E-state index in [9.17, 15) is 4.79 Å². The second-order valence-corrected chi connectivity index (χ2v) is 5.37. The molecule has 0 fully saturated rings. The zero-order valence-electron chi connectivity index (χ0n) is 9.89. The molecule has 1 amide bonds. The summed E-state index contributed by atoms with van der Waals surface area (Å²) in [4.78, 5) is 16.4. The Morgan fingerprint density at radius 2 is 2.37 bits per heavy atom. The maximum absolute atomic E-state index is 11.2. The summed E-state index contributed by atoms with van der Waals surface area (Å²) in [5.41, 5.74) is 1.09. The molecule has 1 N–H and O–H groups in total. The summed E-state index contributed by atoms with van der Waals surface area (Å²) in [5, 5.41) is 12.2. The van der Waals surface area contributed by atoms with E-state index in [1.54, 1.807) is 12.3 Å². The van der Waals surface area contributed by atoms with Crippen LogP contribution in [0.5, 0.6) is 0 Å². The Morgan fingerprint density at radius 1 is 1.53 bits per heavy atom. The molecule has 0 atom stereocenters. The van der Waals surface area contributed by atoms with Crippen molar-refractivity contribution in [3.63, 3.8) is 0 Å². The largest absolute Gasteiger partial charge is 0.301 e. The van der Waals surface area contributed by atoms with Gasteiger partial charge in [0.05, 0.1) is 6.07 Å². The molecule has 2 aromatic rings. The molecular formula is C13H10ClN3OS. The number of halogens is 1. The Balaban J connectivity index is 2.01. The maximum Gasteiger partial charge on any atom is 0.240 e. The maximum atomic E-state index is 11.2. The number of carbonyl (C=O) groups excluding carboxylic acids is 1. The smallest absolute Gasteiger partial charge is 0.240 e. The van der Waals surface area contributed by atoms with Gasteiger partial charge in [-0.1, -0.05) is 23.7 Å². The highest BCUT2D eigenvalue weighted by Crippen LogP contribution is 2.22. The van der Waals surface area contributed by atoms with Crippen molar-refractivity contribution in [2.24, 2.45) is 0 Å². The number of anilines is 1. The number of carbonyl (C=O) groups is 1. The first-order valence-electron chi connectivity index (χ1n) is 5.53. The minimum Gasteiger partial charge on any atom is -0.301 e. The van der Waals surface area contributed by atoms with Gasteiger partial charge in [-0.3, -0.25) is 4.79 Å². The zero-order valence-corrected chi connectivity index (χ0v) is 11.5. The van der Waals surface area contributed by atoms with E-state index in [0.29, 0.717) is 16.6 Å². The first-order chi connectivity index (χ1) is 9.17. The molecule has 1 heterocycles. The standard InChI is InChI=1S/C13H10ClN3OS/c14-10-3-1-2-9(6-10)7-11-8-16-13(19-11)17-12(18)4-5-15/h1-3,6,8H,4,7H2,(H,16,17,18). The van der Waals surface area contributed by atoms with Gasteiger partial charge in [-0.15, -0.1) is 11.3 Å². The van der Waals surface area contributed by atoms with Crippen LogP contribution in [-0.2, 0) is 11.2 Å². The normalized spacial score (nSPS) is 9.89. The fourth-order valence-electron chi connectivity index (χ4n) is 1.53. The summed E-state index contributed by atoms with van der Waals surface area (Å²) < 4.78 is 0. The summed E-state index contributed by atoms with van der Waals surface area (Å²) in [5.74, 6) is -0.342. The molecule has 1 aromatic heterocycles. The number of nitrogens with one attached hydrogen (secondary N) is 1. The highest BCUT2D eigenvalue weighted by Gasteiger charge is 2.07. The molecule has 0 saturated heterocycles. The first-order valence-corrected chi connectivity index (χ1v) is 6.73. The topological polar surface area (TPSA) is 65.8 Å². The molecule has 0 radical (unpaired) electrons. The molecule has 0 aliphatic rings. The van der Waals surface area contributed by atoms with Crippen LogP contribution in [0.3, 0.4) is 0 Å². The molecule has 0 bridgehead atoms. The molecule has 2 rings (SSSR count). The number of hydrogen-bond donors (Lipinski definition) is 1. The molecule has 4 nitrogen and oxygen atoms in total. The lowest BCUT2D eigenvalue weighted by Gasteiger charge is -1.98. The van der Waals surface area contributed by atoms with Gasteiger partial charge in [-0.2, -0.15) is 5.26 Å². The highest BCUT2D eigenvalue weighted by molar-refractivity contribution is 7.15.